The SMILES string of the molecule is COCCn1c2c(c3cc(C(=O)N4CCC(C)CC4)ccc31)CN(Cc1ccncc1)CC2. The topological polar surface area (TPSA) is 50.6 Å². The van der Waals surface area contributed by atoms with Gasteiger partial charge < -0.3 is 14.2 Å². The highest BCUT2D eigenvalue weighted by Crippen LogP contribution is 2.33. The number of hydrogen-bond acceptors (Lipinski definition) is 4. The molecule has 1 aromatic carbocycles. The number of methoxy groups -OCH3 is 1. The molecule has 0 unspecified atom stereocenters. The number of piperidine rings is 1. The van der Waals surface area contributed by atoms with Crippen molar-refractivity contribution in [2.24, 2.45) is 5.92 Å². The monoisotopic (exact) mass is 446 g/mol. The van der Waals surface area contributed by atoms with Crippen LogP contribution in [0.1, 0.15) is 46.9 Å². The van der Waals surface area contributed by atoms with Crippen LogP contribution in [0, 0.1) is 5.92 Å². The quantitative estimate of drug-likeness (QED) is 0.572. The molecule has 0 bridgehead atoms. The molecule has 33 heavy (non-hydrogen) atoms. The fourth-order valence-electron chi connectivity index (χ4n) is 5.35. The van der Waals surface area contributed by atoms with Gasteiger partial charge in [0.2, 0.25) is 0 Å². The second-order valence-corrected chi connectivity index (χ2v) is 9.59. The summed E-state index contributed by atoms with van der Waals surface area (Å²) in [6.07, 6.45) is 6.93. The normalized spacial score (nSPS) is 17.5. The van der Waals surface area contributed by atoms with Gasteiger partial charge in [0.15, 0.2) is 0 Å². The highest BCUT2D eigenvalue weighted by atomic mass is 16.5. The molecule has 4 heterocycles. The van der Waals surface area contributed by atoms with Crippen molar-refractivity contribution >= 4 is 16.8 Å². The number of amides is 1. The fraction of sp³-hybridized carbons (Fsp3) is 0.481. The molecule has 5 rings (SSSR count). The minimum absolute atomic E-state index is 0.173. The molecule has 3 aromatic rings. The van der Waals surface area contributed by atoms with E-state index in [1.165, 1.54) is 27.7 Å². The molecule has 6 nitrogen and oxygen atoms in total. The molecule has 1 saturated heterocycles. The second kappa shape index (κ2) is 9.65. The van der Waals surface area contributed by atoms with Gasteiger partial charge in [-0.25, -0.2) is 0 Å². The number of benzene rings is 1. The van der Waals surface area contributed by atoms with E-state index in [1.807, 2.05) is 23.4 Å². The van der Waals surface area contributed by atoms with E-state index in [2.05, 4.69) is 45.6 Å². The van der Waals surface area contributed by atoms with E-state index in [0.29, 0.717) is 12.5 Å². The molecule has 0 spiro atoms. The average Bonchev–Trinajstić information content (AvgIpc) is 3.15. The lowest BCUT2D eigenvalue weighted by atomic mass is 9.98. The first kappa shape index (κ1) is 22.1. The highest BCUT2D eigenvalue weighted by molar-refractivity contribution is 5.99. The zero-order chi connectivity index (χ0) is 22.8. The minimum atomic E-state index is 0.173. The van der Waals surface area contributed by atoms with Gasteiger partial charge in [0.1, 0.15) is 0 Å². The molecule has 6 heteroatoms. The number of pyridine rings is 1. The number of aromatic nitrogens is 2. The first-order valence-electron chi connectivity index (χ1n) is 12.2. The molecule has 0 radical (unpaired) electrons. The van der Waals surface area contributed by atoms with Crippen molar-refractivity contribution in [2.45, 2.75) is 45.8 Å². The largest absolute Gasteiger partial charge is 0.383 e. The number of carbonyl (C=O) groups excluding carboxylic acids is 1. The lowest BCUT2D eigenvalue weighted by Gasteiger charge is -2.30. The Hall–Kier alpha value is -2.70. The van der Waals surface area contributed by atoms with Crippen molar-refractivity contribution in [2.75, 3.05) is 33.4 Å². The van der Waals surface area contributed by atoms with Crippen LogP contribution in [-0.2, 0) is 30.8 Å². The third-order valence-electron chi connectivity index (χ3n) is 7.33. The summed E-state index contributed by atoms with van der Waals surface area (Å²) < 4.78 is 7.82. The van der Waals surface area contributed by atoms with Gasteiger partial charge in [0.25, 0.3) is 5.91 Å². The van der Waals surface area contributed by atoms with Crippen LogP contribution in [-0.4, -0.2) is 58.6 Å². The van der Waals surface area contributed by atoms with Gasteiger partial charge in [-0.15, -0.1) is 0 Å². The number of carbonyl (C=O) groups is 1. The number of nitrogens with zero attached hydrogens (tertiary/aromatic N) is 4. The van der Waals surface area contributed by atoms with Crippen LogP contribution >= 0.6 is 0 Å². The number of rotatable bonds is 6. The fourth-order valence-corrected chi connectivity index (χ4v) is 5.35. The summed E-state index contributed by atoms with van der Waals surface area (Å²) in [7, 11) is 1.75. The molecule has 0 saturated carbocycles. The zero-order valence-electron chi connectivity index (χ0n) is 19.8. The predicted octanol–water partition coefficient (Wildman–Crippen LogP) is 4.11. The maximum absolute atomic E-state index is 13.3. The van der Waals surface area contributed by atoms with Crippen molar-refractivity contribution in [1.29, 1.82) is 0 Å². The maximum atomic E-state index is 13.3. The minimum Gasteiger partial charge on any atom is -0.383 e. The van der Waals surface area contributed by atoms with Crippen LogP contribution in [0.5, 0.6) is 0 Å². The standard InChI is InChI=1S/C27H34N4O2/c1-20-7-13-30(14-8-20)27(32)22-3-4-25-23(17-22)24-19-29(18-21-5-10-28-11-6-21)12-9-26(24)31(25)15-16-33-2/h3-6,10-11,17,20H,7-9,12-16,18-19H2,1-2H3. The van der Waals surface area contributed by atoms with Crippen molar-refractivity contribution < 1.29 is 9.53 Å². The molecule has 0 aliphatic carbocycles. The molecule has 0 atom stereocenters. The van der Waals surface area contributed by atoms with Gasteiger partial charge in [0.05, 0.1) is 6.61 Å². The van der Waals surface area contributed by atoms with Gasteiger partial charge in [-0.2, -0.15) is 0 Å². The summed E-state index contributed by atoms with van der Waals surface area (Å²) >= 11 is 0. The Morgan fingerprint density at radius 1 is 1.12 bits per heavy atom. The van der Waals surface area contributed by atoms with Crippen LogP contribution in [0.15, 0.2) is 42.7 Å². The van der Waals surface area contributed by atoms with Gasteiger partial charge >= 0.3 is 0 Å². The van der Waals surface area contributed by atoms with E-state index in [0.717, 1.165) is 64.1 Å². The van der Waals surface area contributed by atoms with Crippen LogP contribution in [0.4, 0.5) is 0 Å². The summed E-state index contributed by atoms with van der Waals surface area (Å²) in [5, 5.41) is 1.22. The third kappa shape index (κ3) is 4.55. The first-order valence-corrected chi connectivity index (χ1v) is 12.2. The molecule has 174 valence electrons. The zero-order valence-corrected chi connectivity index (χ0v) is 19.8. The van der Waals surface area contributed by atoms with Crippen LogP contribution in [0.2, 0.25) is 0 Å². The molecule has 2 aromatic heterocycles. The Morgan fingerprint density at radius 3 is 2.67 bits per heavy atom. The highest BCUT2D eigenvalue weighted by Gasteiger charge is 2.26. The van der Waals surface area contributed by atoms with E-state index in [9.17, 15) is 4.79 Å². The summed E-state index contributed by atoms with van der Waals surface area (Å²) in [6, 6.07) is 10.5. The molecule has 0 N–H and O–H groups in total. The lowest BCUT2D eigenvalue weighted by molar-refractivity contribution is 0.0697. The number of fused-ring (bicyclic) bond motifs is 3. The van der Waals surface area contributed by atoms with Gasteiger partial charge in [-0.05, 0) is 60.2 Å². The molecule has 2 aliphatic heterocycles. The summed E-state index contributed by atoms with van der Waals surface area (Å²) in [6.45, 7) is 8.37. The summed E-state index contributed by atoms with van der Waals surface area (Å²) in [4.78, 5) is 22.0. The Morgan fingerprint density at radius 2 is 1.91 bits per heavy atom. The van der Waals surface area contributed by atoms with E-state index in [-0.39, 0.29) is 5.91 Å². The van der Waals surface area contributed by atoms with E-state index in [4.69, 9.17) is 4.74 Å². The number of likely N-dealkylation sites (tertiary alicyclic amines) is 1. The van der Waals surface area contributed by atoms with Crippen molar-refractivity contribution in [3.05, 3.63) is 65.1 Å². The number of ether oxygens (including phenoxy) is 1. The van der Waals surface area contributed by atoms with Crippen LogP contribution in [0.25, 0.3) is 10.9 Å². The maximum Gasteiger partial charge on any atom is 0.253 e. The van der Waals surface area contributed by atoms with Crippen molar-refractivity contribution in [1.82, 2.24) is 19.4 Å². The summed E-state index contributed by atoms with van der Waals surface area (Å²) in [5.41, 5.74) is 6.07. The first-order chi connectivity index (χ1) is 16.1. The lowest BCUT2D eigenvalue weighted by Crippen LogP contribution is -2.37. The van der Waals surface area contributed by atoms with Gasteiger partial charge in [-0.1, -0.05) is 6.92 Å². The van der Waals surface area contributed by atoms with Crippen LogP contribution in [0.3, 0.4) is 0 Å². The van der Waals surface area contributed by atoms with E-state index in [1.54, 1.807) is 7.11 Å². The third-order valence-corrected chi connectivity index (χ3v) is 7.33. The van der Waals surface area contributed by atoms with Gasteiger partial charge in [0, 0.05) is 87.4 Å². The molecular formula is C27H34N4O2. The molecule has 1 amide bonds. The molecule has 1 fully saturated rings. The van der Waals surface area contributed by atoms with Crippen LogP contribution < -0.4 is 0 Å². The Balaban J connectivity index is 1.47. The second-order valence-electron chi connectivity index (χ2n) is 9.59. The molecular weight excluding hydrogens is 412 g/mol. The molecule has 2 aliphatic rings. The van der Waals surface area contributed by atoms with Crippen molar-refractivity contribution in [3.63, 3.8) is 0 Å². The van der Waals surface area contributed by atoms with E-state index < -0.39 is 0 Å². The Labute approximate surface area is 196 Å². The Bertz CT molecular complexity index is 1120. The van der Waals surface area contributed by atoms with E-state index >= 15 is 0 Å². The summed E-state index contributed by atoms with van der Waals surface area (Å²) in [5.74, 6) is 0.886. The van der Waals surface area contributed by atoms with Crippen molar-refractivity contribution in [3.8, 4) is 0 Å². The smallest absolute Gasteiger partial charge is 0.253 e. The number of hydrogen-bond donors (Lipinski definition) is 0. The Kier molecular flexibility index (Phi) is 6.47. The predicted molar refractivity (Wildman–Crippen MR) is 130 cm³/mol. The van der Waals surface area contributed by atoms with Gasteiger partial charge in [-0.3, -0.25) is 14.7 Å². The average molecular weight is 447 g/mol.